The average Bonchev–Trinajstić information content (AvgIpc) is 2.78. The molecule has 3 aromatic carbocycles. The van der Waals surface area contributed by atoms with Crippen molar-refractivity contribution in [2.45, 2.75) is 17.7 Å². The van der Waals surface area contributed by atoms with E-state index in [9.17, 15) is 31.5 Å². The molecule has 0 saturated heterocycles. The molecule has 0 aliphatic carbocycles. The van der Waals surface area contributed by atoms with E-state index < -0.39 is 33.2 Å². The molecular formula is C22H19F3N2O6S. The number of primary sulfonamides is 1. The Morgan fingerprint density at radius 2 is 1.74 bits per heavy atom. The predicted molar refractivity (Wildman–Crippen MR) is 116 cm³/mol. The Kier molecular flexibility index (Phi) is 7.15. The van der Waals surface area contributed by atoms with Gasteiger partial charge in [-0.3, -0.25) is 4.79 Å². The molecule has 1 amide bonds. The van der Waals surface area contributed by atoms with Crippen LogP contribution in [0.1, 0.15) is 21.5 Å². The van der Waals surface area contributed by atoms with Crippen LogP contribution in [-0.2, 0) is 22.8 Å². The standard InChI is InChI=1S/C22H19F3N2O6S/c1-32-20-9-13(12-28)5-7-19(20)33-18-8-6-14(22(23,24)25)10-17(18)21(29)27-15-3-2-4-16(11-15)34(26,30)31/h2-11,28H,12H2,1H3,(H,27,29)(H2,26,30,31). The molecule has 0 heterocycles. The monoisotopic (exact) mass is 496 g/mol. The number of aliphatic hydroxyl groups excluding tert-OH is 1. The van der Waals surface area contributed by atoms with Gasteiger partial charge in [-0.25, -0.2) is 13.6 Å². The minimum absolute atomic E-state index is 0.00948. The van der Waals surface area contributed by atoms with Crippen molar-refractivity contribution >= 4 is 21.6 Å². The Balaban J connectivity index is 2.02. The predicted octanol–water partition coefficient (Wildman–Crippen LogP) is 3.90. The first kappa shape index (κ1) is 25.0. The smallest absolute Gasteiger partial charge is 0.416 e. The number of benzene rings is 3. The topological polar surface area (TPSA) is 128 Å². The minimum atomic E-state index is -4.73. The number of hydrogen-bond acceptors (Lipinski definition) is 6. The number of nitrogens with two attached hydrogens (primary N) is 1. The number of methoxy groups -OCH3 is 1. The van der Waals surface area contributed by atoms with Gasteiger partial charge in [-0.2, -0.15) is 13.2 Å². The summed E-state index contributed by atoms with van der Waals surface area (Å²) in [7, 11) is -2.74. The number of nitrogens with one attached hydrogen (secondary N) is 1. The summed E-state index contributed by atoms with van der Waals surface area (Å²) in [5, 5.41) is 16.7. The molecule has 0 saturated carbocycles. The van der Waals surface area contributed by atoms with Crippen molar-refractivity contribution in [1.29, 1.82) is 0 Å². The lowest BCUT2D eigenvalue weighted by Crippen LogP contribution is -2.16. The van der Waals surface area contributed by atoms with E-state index in [1.54, 1.807) is 0 Å². The van der Waals surface area contributed by atoms with Gasteiger partial charge in [0.1, 0.15) is 5.75 Å². The third-order valence-electron chi connectivity index (χ3n) is 4.60. The van der Waals surface area contributed by atoms with E-state index >= 15 is 0 Å². The van der Waals surface area contributed by atoms with Crippen molar-refractivity contribution in [3.63, 3.8) is 0 Å². The van der Waals surface area contributed by atoms with Crippen LogP contribution in [0.25, 0.3) is 0 Å². The molecule has 8 nitrogen and oxygen atoms in total. The summed E-state index contributed by atoms with van der Waals surface area (Å²) in [4.78, 5) is 12.6. The highest BCUT2D eigenvalue weighted by atomic mass is 32.2. The molecule has 3 rings (SSSR count). The maximum absolute atomic E-state index is 13.3. The Bertz CT molecular complexity index is 1330. The van der Waals surface area contributed by atoms with E-state index in [1.165, 1.54) is 43.5 Å². The molecule has 34 heavy (non-hydrogen) atoms. The summed E-state index contributed by atoms with van der Waals surface area (Å²) in [6, 6.07) is 11.7. The van der Waals surface area contributed by atoms with Crippen molar-refractivity contribution in [3.8, 4) is 17.2 Å². The number of ether oxygens (including phenoxy) is 2. The van der Waals surface area contributed by atoms with Gasteiger partial charge >= 0.3 is 6.18 Å². The van der Waals surface area contributed by atoms with Crippen LogP contribution >= 0.6 is 0 Å². The van der Waals surface area contributed by atoms with Crippen molar-refractivity contribution in [2.24, 2.45) is 5.14 Å². The first-order valence-corrected chi connectivity index (χ1v) is 11.1. The van der Waals surface area contributed by atoms with E-state index in [0.717, 1.165) is 18.2 Å². The Morgan fingerprint density at radius 1 is 1.03 bits per heavy atom. The fourth-order valence-electron chi connectivity index (χ4n) is 2.94. The number of amides is 1. The largest absolute Gasteiger partial charge is 0.493 e. The lowest BCUT2D eigenvalue weighted by atomic mass is 10.1. The highest BCUT2D eigenvalue weighted by molar-refractivity contribution is 7.89. The fourth-order valence-corrected chi connectivity index (χ4v) is 3.49. The summed E-state index contributed by atoms with van der Waals surface area (Å²) in [5.74, 6) is -0.940. The molecule has 0 spiro atoms. The zero-order valence-corrected chi connectivity index (χ0v) is 18.4. The van der Waals surface area contributed by atoms with Gasteiger partial charge in [0.05, 0.1) is 29.7 Å². The van der Waals surface area contributed by atoms with Gasteiger partial charge in [0.25, 0.3) is 5.91 Å². The van der Waals surface area contributed by atoms with E-state index in [2.05, 4.69) is 5.32 Å². The summed E-state index contributed by atoms with van der Waals surface area (Å²) in [5.41, 5.74) is -1.07. The van der Waals surface area contributed by atoms with Gasteiger partial charge in [-0.05, 0) is 54.1 Å². The van der Waals surface area contributed by atoms with Gasteiger partial charge < -0.3 is 19.9 Å². The lowest BCUT2D eigenvalue weighted by Gasteiger charge is -2.16. The zero-order valence-electron chi connectivity index (χ0n) is 17.6. The van der Waals surface area contributed by atoms with Crippen molar-refractivity contribution < 1.29 is 41.0 Å². The number of sulfonamides is 1. The number of rotatable bonds is 7. The first-order chi connectivity index (χ1) is 15.9. The minimum Gasteiger partial charge on any atom is -0.493 e. The summed E-state index contributed by atoms with van der Waals surface area (Å²) < 4.78 is 73.9. The van der Waals surface area contributed by atoms with Gasteiger partial charge in [-0.15, -0.1) is 0 Å². The molecule has 0 bridgehead atoms. The van der Waals surface area contributed by atoms with Crippen molar-refractivity contribution in [1.82, 2.24) is 0 Å². The van der Waals surface area contributed by atoms with E-state index in [4.69, 9.17) is 14.6 Å². The number of halogens is 3. The van der Waals surface area contributed by atoms with Crippen molar-refractivity contribution in [3.05, 3.63) is 77.4 Å². The van der Waals surface area contributed by atoms with Gasteiger partial charge in [0.2, 0.25) is 10.0 Å². The van der Waals surface area contributed by atoms with Gasteiger partial charge in [0, 0.05) is 5.69 Å². The normalized spacial score (nSPS) is 11.7. The maximum Gasteiger partial charge on any atom is 0.416 e. The number of alkyl halides is 3. The molecule has 180 valence electrons. The number of hydrogen-bond donors (Lipinski definition) is 3. The molecule has 0 unspecified atom stereocenters. The van der Waals surface area contributed by atoms with Crippen LogP contribution in [0.4, 0.5) is 18.9 Å². The fraction of sp³-hybridized carbons (Fsp3) is 0.136. The average molecular weight is 496 g/mol. The zero-order chi connectivity index (χ0) is 25.1. The SMILES string of the molecule is COc1cc(CO)ccc1Oc1ccc(C(F)(F)F)cc1C(=O)Nc1cccc(S(N)(=O)=O)c1. The molecule has 0 aliphatic rings. The van der Waals surface area contributed by atoms with Crippen molar-refractivity contribution in [2.75, 3.05) is 12.4 Å². The van der Waals surface area contributed by atoms with Crippen LogP contribution < -0.4 is 19.9 Å². The molecule has 0 atom stereocenters. The van der Waals surface area contributed by atoms with Gasteiger partial charge in [0.15, 0.2) is 11.5 Å². The van der Waals surface area contributed by atoms with Gasteiger partial charge in [-0.1, -0.05) is 12.1 Å². The molecule has 0 aliphatic heterocycles. The number of carbonyl (C=O) groups excluding carboxylic acids is 1. The molecule has 0 fully saturated rings. The Morgan fingerprint density at radius 3 is 2.35 bits per heavy atom. The second-order valence-electron chi connectivity index (χ2n) is 6.98. The highest BCUT2D eigenvalue weighted by Crippen LogP contribution is 2.37. The Hall–Kier alpha value is -3.61. The molecule has 0 aromatic heterocycles. The first-order valence-electron chi connectivity index (χ1n) is 9.53. The van der Waals surface area contributed by atoms with Crippen LogP contribution in [0.3, 0.4) is 0 Å². The highest BCUT2D eigenvalue weighted by Gasteiger charge is 2.32. The Labute approximate surface area is 192 Å². The molecular weight excluding hydrogens is 477 g/mol. The summed E-state index contributed by atoms with van der Waals surface area (Å²) in [6.07, 6.45) is -4.73. The maximum atomic E-state index is 13.3. The second-order valence-corrected chi connectivity index (χ2v) is 8.54. The second kappa shape index (κ2) is 9.71. The van der Waals surface area contributed by atoms with Crippen LogP contribution in [0, 0.1) is 0 Å². The number of carbonyl (C=O) groups is 1. The van der Waals surface area contributed by atoms with E-state index in [1.807, 2.05) is 0 Å². The molecule has 3 aromatic rings. The van der Waals surface area contributed by atoms with E-state index in [0.29, 0.717) is 11.6 Å². The molecule has 4 N–H and O–H groups in total. The van der Waals surface area contributed by atoms with Crippen LogP contribution in [0.2, 0.25) is 0 Å². The lowest BCUT2D eigenvalue weighted by molar-refractivity contribution is -0.137. The molecule has 0 radical (unpaired) electrons. The number of aliphatic hydroxyl groups is 1. The summed E-state index contributed by atoms with van der Waals surface area (Å²) in [6.45, 7) is -0.276. The molecule has 12 heteroatoms. The van der Waals surface area contributed by atoms with Crippen LogP contribution in [0.5, 0.6) is 17.2 Å². The van der Waals surface area contributed by atoms with Crippen LogP contribution in [0.15, 0.2) is 65.6 Å². The quantitative estimate of drug-likeness (QED) is 0.455. The summed E-state index contributed by atoms with van der Waals surface area (Å²) >= 11 is 0. The van der Waals surface area contributed by atoms with E-state index in [-0.39, 0.29) is 34.4 Å². The number of anilines is 1. The van der Waals surface area contributed by atoms with Crippen LogP contribution in [-0.4, -0.2) is 26.5 Å². The third-order valence-corrected chi connectivity index (χ3v) is 5.51. The third kappa shape index (κ3) is 5.84.